The van der Waals surface area contributed by atoms with E-state index in [-0.39, 0.29) is 23.9 Å². The number of likely N-dealkylation sites (N-methyl/N-ethyl adjacent to an activating group) is 1. The van der Waals surface area contributed by atoms with Gasteiger partial charge < -0.3 is 10.2 Å². The predicted octanol–water partition coefficient (Wildman–Crippen LogP) is 2.69. The number of non-ortho nitro benzene ring substituents is 1. The average Bonchev–Trinajstić information content (AvgIpc) is 2.89. The van der Waals surface area contributed by atoms with Gasteiger partial charge in [-0.1, -0.05) is 12.1 Å². The van der Waals surface area contributed by atoms with Crippen molar-refractivity contribution < 1.29 is 14.5 Å². The maximum Gasteiger partial charge on any atom is 0.269 e. The van der Waals surface area contributed by atoms with E-state index >= 15 is 0 Å². The van der Waals surface area contributed by atoms with Crippen molar-refractivity contribution in [1.82, 2.24) is 0 Å². The largest absolute Gasteiger partial charge is 0.326 e. The van der Waals surface area contributed by atoms with Crippen molar-refractivity contribution in [3.8, 4) is 0 Å². The number of anilines is 2. The lowest BCUT2D eigenvalue weighted by Gasteiger charge is -2.15. The molecule has 0 spiro atoms. The molecule has 3 rings (SSSR count). The number of carbonyl (C=O) groups excluding carboxylic acids is 2. The summed E-state index contributed by atoms with van der Waals surface area (Å²) in [5, 5.41) is 13.4. The molecule has 128 valence electrons. The number of hydrogen-bond donors (Lipinski definition) is 1. The minimum Gasteiger partial charge on any atom is -0.326 e. The number of nitro benzene ring substituents is 1. The summed E-state index contributed by atoms with van der Waals surface area (Å²) in [5.74, 6) is -0.155. The van der Waals surface area contributed by atoms with Crippen LogP contribution in [0.1, 0.15) is 18.1 Å². The molecule has 0 unspecified atom stereocenters. The Morgan fingerprint density at radius 2 is 1.96 bits per heavy atom. The van der Waals surface area contributed by atoms with E-state index in [1.165, 1.54) is 12.1 Å². The number of amides is 2. The second-order valence-electron chi connectivity index (χ2n) is 5.81. The zero-order valence-corrected chi connectivity index (χ0v) is 13.7. The Bertz CT molecular complexity index is 846. The molecule has 0 aliphatic carbocycles. The highest BCUT2D eigenvalue weighted by Crippen LogP contribution is 2.31. The number of carbonyl (C=O) groups is 2. The summed E-state index contributed by atoms with van der Waals surface area (Å²) >= 11 is 0. The summed E-state index contributed by atoms with van der Waals surface area (Å²) in [7, 11) is 0. The number of nitrogens with zero attached hydrogens (tertiary/aromatic N) is 2. The fourth-order valence-corrected chi connectivity index (χ4v) is 2.93. The summed E-state index contributed by atoms with van der Waals surface area (Å²) in [6.07, 6.45) is 0.463. The van der Waals surface area contributed by atoms with E-state index in [9.17, 15) is 19.7 Å². The van der Waals surface area contributed by atoms with Crippen molar-refractivity contribution >= 4 is 28.9 Å². The number of nitrogens with one attached hydrogen (secondary N) is 1. The third-order valence-electron chi connectivity index (χ3n) is 4.12. The molecule has 0 atom stereocenters. The molecule has 1 aliphatic rings. The number of benzene rings is 2. The molecule has 0 radical (unpaired) electrons. The number of hydrogen-bond acceptors (Lipinski definition) is 4. The Labute approximate surface area is 144 Å². The smallest absolute Gasteiger partial charge is 0.269 e. The topological polar surface area (TPSA) is 92.6 Å². The molecule has 0 aromatic heterocycles. The Balaban J connectivity index is 1.67. The lowest BCUT2D eigenvalue weighted by atomic mass is 10.1. The molecule has 0 saturated heterocycles. The molecule has 2 amide bonds. The fourth-order valence-electron chi connectivity index (χ4n) is 2.93. The Morgan fingerprint density at radius 3 is 2.60 bits per heavy atom. The molecule has 2 aromatic carbocycles. The third-order valence-corrected chi connectivity index (χ3v) is 4.12. The van der Waals surface area contributed by atoms with Crippen LogP contribution in [0.5, 0.6) is 0 Å². The number of rotatable bonds is 5. The second-order valence-corrected chi connectivity index (χ2v) is 5.81. The average molecular weight is 339 g/mol. The molecule has 0 fully saturated rings. The van der Waals surface area contributed by atoms with Crippen LogP contribution in [0.3, 0.4) is 0 Å². The quantitative estimate of drug-likeness (QED) is 0.669. The SMILES string of the molecule is CCN1C(=O)Cc2cc(NC(=O)Cc3ccc([N+](=O)[O-])cc3)ccc21. The van der Waals surface area contributed by atoms with Crippen molar-refractivity contribution in [3.05, 3.63) is 63.7 Å². The van der Waals surface area contributed by atoms with Crippen LogP contribution in [0.25, 0.3) is 0 Å². The zero-order valence-electron chi connectivity index (χ0n) is 13.7. The van der Waals surface area contributed by atoms with E-state index in [0.717, 1.165) is 11.3 Å². The molecule has 0 saturated carbocycles. The first-order valence-electron chi connectivity index (χ1n) is 7.94. The number of fused-ring (bicyclic) bond motifs is 1. The van der Waals surface area contributed by atoms with Crippen LogP contribution in [0.4, 0.5) is 17.1 Å². The van der Waals surface area contributed by atoms with E-state index in [2.05, 4.69) is 5.32 Å². The highest BCUT2D eigenvalue weighted by molar-refractivity contribution is 6.02. The van der Waals surface area contributed by atoms with Gasteiger partial charge in [0.2, 0.25) is 11.8 Å². The lowest BCUT2D eigenvalue weighted by Crippen LogP contribution is -2.25. The monoisotopic (exact) mass is 339 g/mol. The summed E-state index contributed by atoms with van der Waals surface area (Å²) in [6, 6.07) is 11.3. The third kappa shape index (κ3) is 3.50. The van der Waals surface area contributed by atoms with Gasteiger partial charge in [-0.05, 0) is 36.2 Å². The molecule has 0 bridgehead atoms. The van der Waals surface area contributed by atoms with E-state index in [0.29, 0.717) is 24.2 Å². The maximum atomic E-state index is 12.2. The number of nitro groups is 1. The minimum absolute atomic E-state index is 0.00655. The highest BCUT2D eigenvalue weighted by Gasteiger charge is 2.25. The lowest BCUT2D eigenvalue weighted by molar-refractivity contribution is -0.384. The van der Waals surface area contributed by atoms with Gasteiger partial charge in [0.15, 0.2) is 0 Å². The van der Waals surface area contributed by atoms with Crippen LogP contribution >= 0.6 is 0 Å². The Hall–Kier alpha value is -3.22. The van der Waals surface area contributed by atoms with Gasteiger partial charge in [-0.25, -0.2) is 0 Å². The van der Waals surface area contributed by atoms with Crippen LogP contribution in [0.15, 0.2) is 42.5 Å². The summed E-state index contributed by atoms with van der Waals surface area (Å²) in [6.45, 7) is 2.55. The molecule has 7 nitrogen and oxygen atoms in total. The molecular formula is C18H17N3O4. The van der Waals surface area contributed by atoms with Gasteiger partial charge >= 0.3 is 0 Å². The first-order chi connectivity index (χ1) is 12.0. The van der Waals surface area contributed by atoms with Crippen LogP contribution < -0.4 is 10.2 Å². The highest BCUT2D eigenvalue weighted by atomic mass is 16.6. The first-order valence-corrected chi connectivity index (χ1v) is 7.94. The predicted molar refractivity (Wildman–Crippen MR) is 93.6 cm³/mol. The van der Waals surface area contributed by atoms with Gasteiger partial charge in [-0.2, -0.15) is 0 Å². The fraction of sp³-hybridized carbons (Fsp3) is 0.222. The van der Waals surface area contributed by atoms with Crippen LogP contribution in [-0.4, -0.2) is 23.3 Å². The summed E-state index contributed by atoms with van der Waals surface area (Å²) in [4.78, 5) is 35.9. The maximum absolute atomic E-state index is 12.2. The summed E-state index contributed by atoms with van der Waals surface area (Å²) in [5.41, 5.74) is 3.11. The molecule has 1 aliphatic heterocycles. The van der Waals surface area contributed by atoms with Gasteiger partial charge in [0, 0.05) is 30.1 Å². The van der Waals surface area contributed by atoms with E-state index in [1.807, 2.05) is 19.1 Å². The van der Waals surface area contributed by atoms with Crippen molar-refractivity contribution in [2.75, 3.05) is 16.8 Å². The molecule has 2 aromatic rings. The van der Waals surface area contributed by atoms with E-state index in [4.69, 9.17) is 0 Å². The normalized spacial score (nSPS) is 12.8. The van der Waals surface area contributed by atoms with E-state index < -0.39 is 4.92 Å². The first kappa shape index (κ1) is 16.6. The van der Waals surface area contributed by atoms with Gasteiger partial charge in [0.05, 0.1) is 17.8 Å². The van der Waals surface area contributed by atoms with Gasteiger partial charge in [-0.3, -0.25) is 19.7 Å². The van der Waals surface area contributed by atoms with Gasteiger partial charge in [-0.15, -0.1) is 0 Å². The standard InChI is InChI=1S/C18H17N3O4/c1-2-20-16-8-5-14(10-13(16)11-18(20)23)19-17(22)9-12-3-6-15(7-4-12)21(24)25/h3-8,10H,2,9,11H2,1H3,(H,19,22). The van der Waals surface area contributed by atoms with Crippen LogP contribution in [-0.2, 0) is 22.4 Å². The Morgan fingerprint density at radius 1 is 1.24 bits per heavy atom. The molecule has 7 heteroatoms. The van der Waals surface area contributed by atoms with Crippen molar-refractivity contribution in [3.63, 3.8) is 0 Å². The second kappa shape index (κ2) is 6.72. The Kier molecular flexibility index (Phi) is 4.47. The van der Waals surface area contributed by atoms with Crippen molar-refractivity contribution in [1.29, 1.82) is 0 Å². The molecule has 1 N–H and O–H groups in total. The minimum atomic E-state index is -0.477. The molecular weight excluding hydrogens is 322 g/mol. The van der Waals surface area contributed by atoms with Crippen molar-refractivity contribution in [2.45, 2.75) is 19.8 Å². The van der Waals surface area contributed by atoms with Gasteiger partial charge in [0.25, 0.3) is 5.69 Å². The van der Waals surface area contributed by atoms with Gasteiger partial charge in [0.1, 0.15) is 0 Å². The van der Waals surface area contributed by atoms with Crippen LogP contribution in [0, 0.1) is 10.1 Å². The molecule has 1 heterocycles. The van der Waals surface area contributed by atoms with Crippen molar-refractivity contribution in [2.24, 2.45) is 0 Å². The van der Waals surface area contributed by atoms with E-state index in [1.54, 1.807) is 23.1 Å². The zero-order chi connectivity index (χ0) is 18.0. The molecule has 25 heavy (non-hydrogen) atoms. The summed E-state index contributed by atoms with van der Waals surface area (Å²) < 4.78 is 0. The van der Waals surface area contributed by atoms with Crippen LogP contribution in [0.2, 0.25) is 0 Å².